The van der Waals surface area contributed by atoms with Gasteiger partial charge in [0.15, 0.2) is 0 Å². The summed E-state index contributed by atoms with van der Waals surface area (Å²) in [7, 11) is 0. The van der Waals surface area contributed by atoms with Gasteiger partial charge in [0.25, 0.3) is 0 Å². The molecule has 0 bridgehead atoms. The van der Waals surface area contributed by atoms with Crippen LogP contribution in [0.15, 0.2) is 60.6 Å². The molecule has 0 atom stereocenters. The van der Waals surface area contributed by atoms with Crippen molar-refractivity contribution in [1.29, 1.82) is 0 Å². The van der Waals surface area contributed by atoms with Crippen LogP contribution in [-0.4, -0.2) is 14.1 Å². The number of nitrogens with one attached hydrogen (secondary N) is 1. The summed E-state index contributed by atoms with van der Waals surface area (Å²) in [4.78, 5) is 39.8. The Morgan fingerprint density at radius 3 is 2.15 bits per heavy atom. The summed E-state index contributed by atoms with van der Waals surface area (Å²) in [6.45, 7) is 1.76. The average molecular weight is 445 g/mol. The molecule has 6 nitrogen and oxygen atoms in total. The first kappa shape index (κ1) is 19.8. The van der Waals surface area contributed by atoms with Crippen LogP contribution in [0.4, 0.5) is 0 Å². The van der Waals surface area contributed by atoms with E-state index in [1.165, 1.54) is 17.8 Å². The van der Waals surface area contributed by atoms with Crippen molar-refractivity contribution in [3.05, 3.63) is 82.9 Å². The molecule has 2 aromatic carbocycles. The Hall–Kier alpha value is -1.93. The van der Waals surface area contributed by atoms with E-state index in [0.717, 1.165) is 14.0 Å². The number of hydrogen-bond donors (Lipinski definition) is 1. The maximum absolute atomic E-state index is 12.4. The van der Waals surface area contributed by atoms with E-state index in [2.05, 4.69) is 4.98 Å². The second-order valence-corrected chi connectivity index (χ2v) is 7.72. The van der Waals surface area contributed by atoms with Crippen LogP contribution < -0.4 is 17.1 Å². The summed E-state index contributed by atoms with van der Waals surface area (Å²) in [5.74, 6) is 0. The third-order valence-electron chi connectivity index (χ3n) is 3.69. The highest BCUT2D eigenvalue weighted by Gasteiger charge is 2.13. The van der Waals surface area contributed by atoms with Crippen molar-refractivity contribution in [1.82, 2.24) is 14.1 Å². The van der Waals surface area contributed by atoms with Crippen molar-refractivity contribution in [3.63, 3.8) is 0 Å². The number of halogens is 3. The van der Waals surface area contributed by atoms with Crippen LogP contribution in [0, 0.1) is 0 Å². The molecule has 0 aliphatic rings. The van der Waals surface area contributed by atoms with Gasteiger partial charge in [0.05, 0.1) is 15.7 Å². The maximum Gasteiger partial charge on any atom is 0.340 e. The fourth-order valence-corrected chi connectivity index (χ4v) is 4.04. The predicted molar refractivity (Wildman–Crippen MR) is 108 cm³/mol. The first-order valence-corrected chi connectivity index (χ1v) is 9.66. The minimum atomic E-state index is -0.827. The van der Waals surface area contributed by atoms with E-state index in [4.69, 9.17) is 34.8 Å². The van der Waals surface area contributed by atoms with Gasteiger partial charge in [0, 0.05) is 21.4 Å². The molecule has 27 heavy (non-hydrogen) atoms. The Bertz CT molecular complexity index is 1200. The Morgan fingerprint density at radius 2 is 1.56 bits per heavy atom. The largest absolute Gasteiger partial charge is 0.340 e. The summed E-state index contributed by atoms with van der Waals surface area (Å²) in [6.07, 6.45) is 0. The van der Waals surface area contributed by atoms with Crippen LogP contribution in [0.1, 0.15) is 6.92 Å². The maximum atomic E-state index is 12.4. The van der Waals surface area contributed by atoms with Crippen LogP contribution in [0.5, 0.6) is 0 Å². The molecule has 0 radical (unpaired) electrons. The summed E-state index contributed by atoms with van der Waals surface area (Å²) in [6, 6.07) is 9.83. The van der Waals surface area contributed by atoms with Gasteiger partial charge in [-0.1, -0.05) is 46.6 Å². The van der Waals surface area contributed by atoms with Gasteiger partial charge < -0.3 is 0 Å². The molecule has 0 spiro atoms. The summed E-state index contributed by atoms with van der Waals surface area (Å²) in [5.41, 5.74) is -2.06. The number of benzene rings is 2. The Morgan fingerprint density at radius 1 is 0.926 bits per heavy atom. The highest BCUT2D eigenvalue weighted by Crippen LogP contribution is 2.38. The molecule has 1 N–H and O–H groups in total. The van der Waals surface area contributed by atoms with Crippen molar-refractivity contribution in [3.8, 4) is 5.69 Å². The number of nitrogens with zero attached hydrogens (tertiary/aromatic N) is 2. The van der Waals surface area contributed by atoms with E-state index < -0.39 is 17.1 Å². The normalized spacial score (nSPS) is 11.0. The van der Waals surface area contributed by atoms with Gasteiger partial charge in [-0.2, -0.15) is 0 Å². The fourth-order valence-electron chi connectivity index (χ4n) is 2.40. The summed E-state index contributed by atoms with van der Waals surface area (Å²) < 4.78 is 1.78. The zero-order valence-electron chi connectivity index (χ0n) is 13.8. The molecule has 10 heteroatoms. The van der Waals surface area contributed by atoms with Crippen molar-refractivity contribution >= 4 is 46.6 Å². The third kappa shape index (κ3) is 4.01. The Kier molecular flexibility index (Phi) is 5.86. The highest BCUT2D eigenvalue weighted by atomic mass is 35.5. The molecule has 0 aliphatic heterocycles. The van der Waals surface area contributed by atoms with Gasteiger partial charge in [-0.15, -0.1) is 0 Å². The molecular weight excluding hydrogens is 433 g/mol. The molecule has 3 rings (SSSR count). The molecule has 0 aliphatic carbocycles. The average Bonchev–Trinajstić information content (AvgIpc) is 2.59. The van der Waals surface area contributed by atoms with E-state index in [9.17, 15) is 14.4 Å². The zero-order chi connectivity index (χ0) is 19.7. The van der Waals surface area contributed by atoms with Crippen molar-refractivity contribution in [2.24, 2.45) is 0 Å². The molecule has 1 aromatic heterocycles. The van der Waals surface area contributed by atoms with Gasteiger partial charge >= 0.3 is 17.1 Å². The number of aromatic nitrogens is 3. The lowest BCUT2D eigenvalue weighted by atomic mass is 10.3. The molecule has 0 unspecified atom stereocenters. The second kappa shape index (κ2) is 7.98. The molecule has 140 valence electrons. The predicted octanol–water partition coefficient (Wildman–Crippen LogP) is 3.82. The van der Waals surface area contributed by atoms with E-state index in [1.54, 1.807) is 37.3 Å². The minimum absolute atomic E-state index is 0.130. The first-order valence-electron chi connectivity index (χ1n) is 7.71. The topological polar surface area (TPSA) is 76.9 Å². The lowest BCUT2D eigenvalue weighted by molar-refractivity contribution is 0.599. The summed E-state index contributed by atoms with van der Waals surface area (Å²) in [5, 5.41) is 1.33. The van der Waals surface area contributed by atoms with Crippen molar-refractivity contribution < 1.29 is 0 Å². The molecule has 0 saturated heterocycles. The van der Waals surface area contributed by atoms with Gasteiger partial charge in [-0.3, -0.25) is 4.98 Å². The lowest BCUT2D eigenvalue weighted by Crippen LogP contribution is -2.48. The molecule has 0 saturated carbocycles. The number of hydrogen-bond acceptors (Lipinski definition) is 4. The smallest absolute Gasteiger partial charge is 0.258 e. The van der Waals surface area contributed by atoms with E-state index in [-0.39, 0.29) is 12.2 Å². The quantitative estimate of drug-likeness (QED) is 0.664. The number of rotatable bonds is 4. The summed E-state index contributed by atoms with van der Waals surface area (Å²) >= 11 is 19.7. The van der Waals surface area contributed by atoms with Gasteiger partial charge in [-0.05, 0) is 43.3 Å². The Labute approximate surface area is 172 Å². The van der Waals surface area contributed by atoms with Crippen LogP contribution in [-0.2, 0) is 6.54 Å². The standard InChI is InChI=1S/C17H12Cl3N3O3S/c1-2-22-15(24)21-16(25)23(17(22)26)10-4-6-14(12(20)8-10)27-13-5-3-9(18)7-11(13)19/h3-8H,2H2,1H3,(H,21,24,25). The van der Waals surface area contributed by atoms with Crippen molar-refractivity contribution in [2.45, 2.75) is 23.3 Å². The number of H-pyrrole nitrogens is 1. The Balaban J connectivity index is 2.05. The van der Waals surface area contributed by atoms with Crippen molar-refractivity contribution in [2.75, 3.05) is 0 Å². The zero-order valence-corrected chi connectivity index (χ0v) is 16.9. The fraction of sp³-hybridized carbons (Fsp3) is 0.118. The second-order valence-electron chi connectivity index (χ2n) is 5.39. The lowest BCUT2D eigenvalue weighted by Gasteiger charge is -2.10. The third-order valence-corrected chi connectivity index (χ3v) is 5.92. The monoisotopic (exact) mass is 443 g/mol. The highest BCUT2D eigenvalue weighted by molar-refractivity contribution is 7.99. The van der Waals surface area contributed by atoms with E-state index in [1.807, 2.05) is 0 Å². The number of aromatic amines is 1. The van der Waals surface area contributed by atoms with Crippen LogP contribution in [0.2, 0.25) is 15.1 Å². The van der Waals surface area contributed by atoms with Crippen LogP contribution in [0.25, 0.3) is 5.69 Å². The molecule has 0 amide bonds. The van der Waals surface area contributed by atoms with Crippen LogP contribution >= 0.6 is 46.6 Å². The molecule has 0 fully saturated rings. The van der Waals surface area contributed by atoms with Gasteiger partial charge in [-0.25, -0.2) is 23.5 Å². The van der Waals surface area contributed by atoms with Crippen LogP contribution in [0.3, 0.4) is 0 Å². The van der Waals surface area contributed by atoms with E-state index in [0.29, 0.717) is 20.0 Å². The van der Waals surface area contributed by atoms with E-state index >= 15 is 0 Å². The first-order chi connectivity index (χ1) is 12.8. The molecule has 1 heterocycles. The molecule has 3 aromatic rings. The van der Waals surface area contributed by atoms with Gasteiger partial charge in [0.2, 0.25) is 0 Å². The molecular formula is C17H12Cl3N3O3S. The van der Waals surface area contributed by atoms with Gasteiger partial charge in [0.1, 0.15) is 0 Å². The SMILES string of the molecule is CCn1c(=O)[nH]c(=O)n(-c2ccc(Sc3ccc(Cl)cc3Cl)c(Cl)c2)c1=O. The minimum Gasteiger partial charge on any atom is -0.258 e.